The molecule has 0 aromatic carbocycles. The Morgan fingerprint density at radius 2 is 1.59 bits per heavy atom. The summed E-state index contributed by atoms with van der Waals surface area (Å²) in [5, 5.41) is 0. The number of likely N-dealkylation sites (tertiary alicyclic amines) is 1. The Morgan fingerprint density at radius 3 is 2.12 bits per heavy atom. The molecule has 0 unspecified atom stereocenters. The quantitative estimate of drug-likeness (QED) is 0.819. The van der Waals surface area contributed by atoms with Crippen molar-refractivity contribution in [3.05, 3.63) is 0 Å². The topological polar surface area (TPSA) is 29.3 Å². The van der Waals surface area contributed by atoms with E-state index in [1.54, 1.807) is 0 Å². The van der Waals surface area contributed by atoms with Crippen LogP contribution in [0.1, 0.15) is 58.8 Å². The third-order valence-corrected chi connectivity index (χ3v) is 4.71. The van der Waals surface area contributed by atoms with Gasteiger partial charge in [0.05, 0.1) is 0 Å². The van der Waals surface area contributed by atoms with E-state index in [0.717, 1.165) is 17.9 Å². The van der Waals surface area contributed by atoms with Crippen LogP contribution >= 0.6 is 0 Å². The number of rotatable bonds is 3. The molecule has 0 aromatic heterocycles. The van der Waals surface area contributed by atoms with E-state index in [0.29, 0.717) is 6.04 Å². The minimum absolute atomic E-state index is 0.475. The van der Waals surface area contributed by atoms with Gasteiger partial charge in [-0.05, 0) is 69.9 Å². The molecule has 0 radical (unpaired) electrons. The van der Waals surface area contributed by atoms with E-state index in [4.69, 9.17) is 5.73 Å². The van der Waals surface area contributed by atoms with E-state index in [9.17, 15) is 0 Å². The zero-order valence-corrected chi connectivity index (χ0v) is 11.7. The molecule has 1 saturated heterocycles. The molecule has 2 N–H and O–H groups in total. The largest absolute Gasteiger partial charge is 0.328 e. The fourth-order valence-corrected chi connectivity index (χ4v) is 3.70. The molecular weight excluding hydrogens is 208 g/mol. The second kappa shape index (κ2) is 6.19. The number of hydrogen-bond donors (Lipinski definition) is 1. The van der Waals surface area contributed by atoms with Gasteiger partial charge in [0, 0.05) is 12.1 Å². The van der Waals surface area contributed by atoms with Crippen molar-refractivity contribution >= 4 is 0 Å². The van der Waals surface area contributed by atoms with Gasteiger partial charge < -0.3 is 10.6 Å². The summed E-state index contributed by atoms with van der Waals surface area (Å²) in [6, 6.07) is 1.36. The highest BCUT2D eigenvalue weighted by Crippen LogP contribution is 2.32. The minimum atomic E-state index is 0.475. The molecule has 2 rings (SSSR count). The molecule has 2 nitrogen and oxygen atoms in total. The lowest BCUT2D eigenvalue weighted by Crippen LogP contribution is -2.46. The van der Waals surface area contributed by atoms with Gasteiger partial charge in [0.15, 0.2) is 0 Å². The molecule has 2 heteroatoms. The number of nitrogens with zero attached hydrogens (tertiary/aromatic N) is 1. The summed E-state index contributed by atoms with van der Waals surface area (Å²) in [4.78, 5) is 2.72. The van der Waals surface area contributed by atoms with Gasteiger partial charge in [-0.3, -0.25) is 0 Å². The highest BCUT2D eigenvalue weighted by molar-refractivity contribution is 4.84. The summed E-state index contributed by atoms with van der Waals surface area (Å²) in [5.41, 5.74) is 5.98. The van der Waals surface area contributed by atoms with Crippen molar-refractivity contribution in [2.75, 3.05) is 13.1 Å². The predicted octanol–water partition coefficient (Wildman–Crippen LogP) is 3.01. The summed E-state index contributed by atoms with van der Waals surface area (Å²) in [6.45, 7) is 7.22. The summed E-state index contributed by atoms with van der Waals surface area (Å²) in [5.74, 6) is 1.89. The van der Waals surface area contributed by atoms with Crippen LogP contribution in [0.3, 0.4) is 0 Å². The molecule has 17 heavy (non-hydrogen) atoms. The van der Waals surface area contributed by atoms with Crippen LogP contribution in [0.4, 0.5) is 0 Å². The number of nitrogens with two attached hydrogens (primary N) is 1. The van der Waals surface area contributed by atoms with E-state index in [-0.39, 0.29) is 0 Å². The van der Waals surface area contributed by atoms with Crippen LogP contribution in [0.2, 0.25) is 0 Å². The maximum Gasteiger partial charge on any atom is 0.00954 e. The van der Waals surface area contributed by atoms with Crippen LogP contribution in [0.25, 0.3) is 0 Å². The normalized spacial score (nSPS) is 33.2. The van der Waals surface area contributed by atoms with Crippen molar-refractivity contribution in [3.8, 4) is 0 Å². The van der Waals surface area contributed by atoms with Crippen molar-refractivity contribution in [1.29, 1.82) is 0 Å². The number of piperidine rings is 1. The van der Waals surface area contributed by atoms with Crippen LogP contribution < -0.4 is 5.73 Å². The predicted molar refractivity (Wildman–Crippen MR) is 74.0 cm³/mol. The average Bonchev–Trinajstić information content (AvgIpc) is 2.30. The Bertz CT molecular complexity index is 211. The molecule has 0 atom stereocenters. The van der Waals surface area contributed by atoms with Crippen LogP contribution in [-0.2, 0) is 0 Å². The SMILES string of the molecule is CC(C)CC1CCC(N2CCC(N)CC2)CC1. The first-order valence-electron chi connectivity index (χ1n) is 7.64. The van der Waals surface area contributed by atoms with Gasteiger partial charge in [0.2, 0.25) is 0 Å². The van der Waals surface area contributed by atoms with Crippen LogP contribution in [-0.4, -0.2) is 30.1 Å². The van der Waals surface area contributed by atoms with E-state index in [1.807, 2.05) is 0 Å². The van der Waals surface area contributed by atoms with Crippen molar-refractivity contribution < 1.29 is 0 Å². The smallest absolute Gasteiger partial charge is 0.00954 e. The van der Waals surface area contributed by atoms with E-state index in [2.05, 4.69) is 18.7 Å². The highest BCUT2D eigenvalue weighted by atomic mass is 15.2. The molecule has 1 aliphatic heterocycles. The Balaban J connectivity index is 1.71. The van der Waals surface area contributed by atoms with Gasteiger partial charge in [0.1, 0.15) is 0 Å². The van der Waals surface area contributed by atoms with Crippen LogP contribution in [0.15, 0.2) is 0 Å². The lowest BCUT2D eigenvalue weighted by atomic mass is 9.80. The molecule has 1 saturated carbocycles. The zero-order valence-electron chi connectivity index (χ0n) is 11.7. The first kappa shape index (κ1) is 13.4. The minimum Gasteiger partial charge on any atom is -0.328 e. The third kappa shape index (κ3) is 3.96. The van der Waals surface area contributed by atoms with Gasteiger partial charge in [-0.25, -0.2) is 0 Å². The summed E-state index contributed by atoms with van der Waals surface area (Å²) >= 11 is 0. The standard InChI is InChI=1S/C15H30N2/c1-12(2)11-13-3-5-15(6-4-13)17-9-7-14(16)8-10-17/h12-15H,3-11,16H2,1-2H3. The zero-order chi connectivity index (χ0) is 12.3. The molecule has 0 spiro atoms. The van der Waals surface area contributed by atoms with Crippen LogP contribution in [0, 0.1) is 11.8 Å². The van der Waals surface area contributed by atoms with Crippen molar-refractivity contribution in [2.24, 2.45) is 17.6 Å². The fraction of sp³-hybridized carbons (Fsp3) is 1.00. The molecule has 0 amide bonds. The first-order chi connectivity index (χ1) is 8.15. The third-order valence-electron chi connectivity index (χ3n) is 4.71. The molecule has 0 aromatic rings. The molecule has 1 heterocycles. The Labute approximate surface area is 107 Å². The highest BCUT2D eigenvalue weighted by Gasteiger charge is 2.28. The first-order valence-corrected chi connectivity index (χ1v) is 7.64. The number of hydrogen-bond acceptors (Lipinski definition) is 2. The van der Waals surface area contributed by atoms with E-state index >= 15 is 0 Å². The molecule has 0 bridgehead atoms. The van der Waals surface area contributed by atoms with Crippen molar-refractivity contribution in [1.82, 2.24) is 4.90 Å². The van der Waals surface area contributed by atoms with Gasteiger partial charge in [-0.15, -0.1) is 0 Å². The van der Waals surface area contributed by atoms with Gasteiger partial charge >= 0.3 is 0 Å². The monoisotopic (exact) mass is 238 g/mol. The molecule has 2 fully saturated rings. The Morgan fingerprint density at radius 1 is 1.00 bits per heavy atom. The molecule has 1 aliphatic carbocycles. The second-order valence-corrected chi connectivity index (χ2v) is 6.68. The van der Waals surface area contributed by atoms with Crippen molar-refractivity contribution in [2.45, 2.75) is 70.9 Å². The summed E-state index contributed by atoms with van der Waals surface area (Å²) in [7, 11) is 0. The fourth-order valence-electron chi connectivity index (χ4n) is 3.70. The van der Waals surface area contributed by atoms with Crippen LogP contribution in [0.5, 0.6) is 0 Å². The van der Waals surface area contributed by atoms with Gasteiger partial charge in [-0.1, -0.05) is 13.8 Å². The Kier molecular flexibility index (Phi) is 4.87. The van der Waals surface area contributed by atoms with E-state index < -0.39 is 0 Å². The summed E-state index contributed by atoms with van der Waals surface area (Å²) in [6.07, 6.45) is 9.67. The average molecular weight is 238 g/mol. The Hall–Kier alpha value is -0.0800. The van der Waals surface area contributed by atoms with Gasteiger partial charge in [-0.2, -0.15) is 0 Å². The molecular formula is C15H30N2. The maximum absolute atomic E-state index is 5.98. The maximum atomic E-state index is 5.98. The molecule has 100 valence electrons. The summed E-state index contributed by atoms with van der Waals surface area (Å²) < 4.78 is 0. The lowest BCUT2D eigenvalue weighted by Gasteiger charge is -2.40. The lowest BCUT2D eigenvalue weighted by molar-refractivity contribution is 0.104. The van der Waals surface area contributed by atoms with Gasteiger partial charge in [0.25, 0.3) is 0 Å². The second-order valence-electron chi connectivity index (χ2n) is 6.68. The van der Waals surface area contributed by atoms with E-state index in [1.165, 1.54) is 58.0 Å². The van der Waals surface area contributed by atoms with Crippen molar-refractivity contribution in [3.63, 3.8) is 0 Å². The molecule has 2 aliphatic rings.